The zero-order valence-corrected chi connectivity index (χ0v) is 13.6. The Labute approximate surface area is 131 Å². The summed E-state index contributed by atoms with van der Waals surface area (Å²) in [6.45, 7) is 5.28. The lowest BCUT2D eigenvalue weighted by Crippen LogP contribution is -2.24. The number of carbonyl (C=O) groups is 1. The molecule has 22 heavy (non-hydrogen) atoms. The molecule has 1 aromatic heterocycles. The summed E-state index contributed by atoms with van der Waals surface area (Å²) in [7, 11) is 3.76. The van der Waals surface area contributed by atoms with Gasteiger partial charge in [0.25, 0.3) is 0 Å². The average molecular weight is 299 g/mol. The molecule has 0 radical (unpaired) electrons. The predicted octanol–water partition coefficient (Wildman–Crippen LogP) is 2.78. The molecule has 0 spiro atoms. The van der Waals surface area contributed by atoms with Crippen LogP contribution in [-0.4, -0.2) is 35.5 Å². The summed E-state index contributed by atoms with van der Waals surface area (Å²) in [5, 5.41) is 9.14. The SMILES string of the molecule is CN(C)/C(=C\C=C(/C#N)C(=O)OC(C)(C)C)c1cccnc1. The van der Waals surface area contributed by atoms with Crippen molar-refractivity contribution in [2.75, 3.05) is 14.1 Å². The van der Waals surface area contributed by atoms with Crippen molar-refractivity contribution in [3.8, 4) is 6.07 Å². The van der Waals surface area contributed by atoms with Gasteiger partial charge >= 0.3 is 5.97 Å². The van der Waals surface area contributed by atoms with Crippen LogP contribution >= 0.6 is 0 Å². The Morgan fingerprint density at radius 1 is 1.36 bits per heavy atom. The molecule has 1 heterocycles. The molecule has 0 aliphatic rings. The first-order valence-corrected chi connectivity index (χ1v) is 6.88. The van der Waals surface area contributed by atoms with Gasteiger partial charge < -0.3 is 9.64 Å². The van der Waals surface area contributed by atoms with Crippen molar-refractivity contribution in [3.63, 3.8) is 0 Å². The second kappa shape index (κ2) is 7.41. The summed E-state index contributed by atoms with van der Waals surface area (Å²) < 4.78 is 5.20. The highest BCUT2D eigenvalue weighted by atomic mass is 16.6. The maximum Gasteiger partial charge on any atom is 0.349 e. The van der Waals surface area contributed by atoms with Crippen molar-refractivity contribution in [1.29, 1.82) is 5.26 Å². The van der Waals surface area contributed by atoms with Crippen molar-refractivity contribution < 1.29 is 9.53 Å². The lowest BCUT2D eigenvalue weighted by molar-refractivity contribution is -0.149. The molecule has 0 atom stereocenters. The molecule has 0 amide bonds. The number of carbonyl (C=O) groups excluding carboxylic acids is 1. The van der Waals surface area contributed by atoms with Crippen LogP contribution in [0.2, 0.25) is 0 Å². The summed E-state index contributed by atoms with van der Waals surface area (Å²) in [5.74, 6) is -0.629. The normalized spacial score (nSPS) is 12.5. The van der Waals surface area contributed by atoms with Gasteiger partial charge in [0.15, 0.2) is 0 Å². The molecule has 0 fully saturated rings. The smallest absolute Gasteiger partial charge is 0.349 e. The maximum absolute atomic E-state index is 11.9. The van der Waals surface area contributed by atoms with Crippen LogP contribution in [0.15, 0.2) is 42.3 Å². The second-order valence-corrected chi connectivity index (χ2v) is 5.88. The van der Waals surface area contributed by atoms with E-state index in [4.69, 9.17) is 10.00 Å². The minimum atomic E-state index is -0.634. The van der Waals surface area contributed by atoms with Gasteiger partial charge in [-0.1, -0.05) is 0 Å². The molecular weight excluding hydrogens is 278 g/mol. The highest BCUT2D eigenvalue weighted by molar-refractivity contribution is 5.93. The maximum atomic E-state index is 11.9. The summed E-state index contributed by atoms with van der Waals surface area (Å²) in [6.07, 6.45) is 6.59. The number of aromatic nitrogens is 1. The monoisotopic (exact) mass is 299 g/mol. The van der Waals surface area contributed by atoms with E-state index < -0.39 is 11.6 Å². The molecule has 0 aromatic carbocycles. The fourth-order valence-corrected chi connectivity index (χ4v) is 1.66. The number of allylic oxidation sites excluding steroid dienone is 2. The Hall–Kier alpha value is -2.61. The van der Waals surface area contributed by atoms with Crippen LogP contribution < -0.4 is 0 Å². The third kappa shape index (κ3) is 5.41. The molecule has 116 valence electrons. The van der Waals surface area contributed by atoms with Crippen molar-refractivity contribution in [1.82, 2.24) is 9.88 Å². The molecule has 0 saturated heterocycles. The van der Waals surface area contributed by atoms with Crippen LogP contribution in [0.5, 0.6) is 0 Å². The molecule has 5 nitrogen and oxygen atoms in total. The zero-order chi connectivity index (χ0) is 16.8. The third-order valence-electron chi connectivity index (χ3n) is 2.59. The summed E-state index contributed by atoms with van der Waals surface area (Å²) >= 11 is 0. The summed E-state index contributed by atoms with van der Waals surface area (Å²) in [4.78, 5) is 17.9. The number of hydrogen-bond donors (Lipinski definition) is 0. The number of rotatable bonds is 4. The summed E-state index contributed by atoms with van der Waals surface area (Å²) in [6, 6.07) is 5.62. The number of nitriles is 1. The average Bonchev–Trinajstić information content (AvgIpc) is 2.42. The van der Waals surface area contributed by atoms with Gasteiger partial charge in [-0.25, -0.2) is 4.79 Å². The summed E-state index contributed by atoms with van der Waals surface area (Å²) in [5.41, 5.74) is 1.05. The van der Waals surface area contributed by atoms with Gasteiger partial charge in [-0.2, -0.15) is 5.26 Å². The molecule has 0 aliphatic heterocycles. The lowest BCUT2D eigenvalue weighted by atomic mass is 10.1. The van der Waals surface area contributed by atoms with Crippen LogP contribution in [0.3, 0.4) is 0 Å². The Bertz CT molecular complexity index is 618. The number of ether oxygens (including phenoxy) is 1. The number of esters is 1. The molecule has 1 rings (SSSR count). The zero-order valence-electron chi connectivity index (χ0n) is 13.6. The molecule has 0 N–H and O–H groups in total. The van der Waals surface area contributed by atoms with Crippen molar-refractivity contribution >= 4 is 11.7 Å². The third-order valence-corrected chi connectivity index (χ3v) is 2.59. The first kappa shape index (κ1) is 17.4. The van der Waals surface area contributed by atoms with E-state index in [2.05, 4.69) is 4.98 Å². The van der Waals surface area contributed by atoms with E-state index in [-0.39, 0.29) is 5.57 Å². The van der Waals surface area contributed by atoms with Gasteiger partial charge in [0.1, 0.15) is 17.2 Å². The van der Waals surface area contributed by atoms with E-state index in [1.54, 1.807) is 39.2 Å². The van der Waals surface area contributed by atoms with Crippen LogP contribution in [0, 0.1) is 11.3 Å². The first-order valence-electron chi connectivity index (χ1n) is 6.88. The molecule has 0 bridgehead atoms. The fourth-order valence-electron chi connectivity index (χ4n) is 1.66. The number of hydrogen-bond acceptors (Lipinski definition) is 5. The highest BCUT2D eigenvalue weighted by Crippen LogP contribution is 2.16. The Balaban J connectivity index is 3.10. The largest absolute Gasteiger partial charge is 0.456 e. The standard InChI is InChI=1S/C17H21N3O2/c1-17(2,3)22-16(21)13(11-18)8-9-15(20(4)5)14-7-6-10-19-12-14/h6-10,12H,1-5H3/b13-8+,15-9-. The first-order chi connectivity index (χ1) is 10.2. The van der Waals surface area contributed by atoms with Crippen LogP contribution in [0.4, 0.5) is 0 Å². The molecule has 5 heteroatoms. The topological polar surface area (TPSA) is 66.2 Å². The Kier molecular flexibility index (Phi) is 5.88. The van der Waals surface area contributed by atoms with Crippen molar-refractivity contribution in [2.24, 2.45) is 0 Å². The quantitative estimate of drug-likeness (QED) is 0.370. The van der Waals surface area contributed by atoms with Crippen LogP contribution in [-0.2, 0) is 9.53 Å². The van der Waals surface area contributed by atoms with Crippen LogP contribution in [0.25, 0.3) is 5.70 Å². The number of nitrogens with zero attached hydrogens (tertiary/aromatic N) is 3. The molecule has 0 aliphatic carbocycles. The van der Waals surface area contributed by atoms with Gasteiger partial charge in [-0.3, -0.25) is 4.98 Å². The van der Waals surface area contributed by atoms with Gasteiger partial charge in [0, 0.05) is 37.7 Å². The molecule has 0 saturated carbocycles. The molecular formula is C17H21N3O2. The Morgan fingerprint density at radius 2 is 2.05 bits per heavy atom. The van der Waals surface area contributed by atoms with Gasteiger partial charge in [-0.05, 0) is 45.1 Å². The number of pyridine rings is 1. The van der Waals surface area contributed by atoms with E-state index in [0.29, 0.717) is 0 Å². The highest BCUT2D eigenvalue weighted by Gasteiger charge is 2.19. The van der Waals surface area contributed by atoms with Gasteiger partial charge in [-0.15, -0.1) is 0 Å². The van der Waals surface area contributed by atoms with Crippen molar-refractivity contribution in [3.05, 3.63) is 47.8 Å². The van der Waals surface area contributed by atoms with E-state index in [9.17, 15) is 4.79 Å². The van der Waals surface area contributed by atoms with E-state index in [1.165, 1.54) is 6.08 Å². The second-order valence-electron chi connectivity index (χ2n) is 5.88. The fraction of sp³-hybridized carbons (Fsp3) is 0.353. The van der Waals surface area contributed by atoms with Crippen molar-refractivity contribution in [2.45, 2.75) is 26.4 Å². The predicted molar refractivity (Wildman–Crippen MR) is 85.4 cm³/mol. The van der Waals surface area contributed by atoms with E-state index in [1.807, 2.05) is 37.2 Å². The van der Waals surface area contributed by atoms with Crippen LogP contribution in [0.1, 0.15) is 26.3 Å². The van der Waals surface area contributed by atoms with E-state index >= 15 is 0 Å². The molecule has 0 unspecified atom stereocenters. The minimum absolute atomic E-state index is 0.0434. The van der Waals surface area contributed by atoms with Gasteiger partial charge in [0.05, 0.1) is 0 Å². The Morgan fingerprint density at radius 3 is 2.50 bits per heavy atom. The lowest BCUT2D eigenvalue weighted by Gasteiger charge is -2.19. The minimum Gasteiger partial charge on any atom is -0.456 e. The van der Waals surface area contributed by atoms with E-state index in [0.717, 1.165) is 11.3 Å². The van der Waals surface area contributed by atoms with Gasteiger partial charge in [0.2, 0.25) is 0 Å². The molecule has 1 aromatic rings.